The largest absolute Gasteiger partial charge is 0.325 e. The van der Waals surface area contributed by atoms with Gasteiger partial charge in [-0.25, -0.2) is 8.42 Å². The van der Waals surface area contributed by atoms with Crippen LogP contribution in [-0.4, -0.2) is 25.2 Å². The van der Waals surface area contributed by atoms with Gasteiger partial charge in [0.05, 0.1) is 0 Å². The van der Waals surface area contributed by atoms with Crippen molar-refractivity contribution in [2.75, 3.05) is 16.2 Å². The highest BCUT2D eigenvalue weighted by Gasteiger charge is 2.16. The Kier molecular flexibility index (Phi) is 4.77. The van der Waals surface area contributed by atoms with E-state index in [1.165, 1.54) is 0 Å². The van der Waals surface area contributed by atoms with Gasteiger partial charge in [0.2, 0.25) is 0 Å². The average molecular weight is 360 g/mol. The molecular weight excluding hydrogens is 344 g/mol. The number of nitrogens with zero attached hydrogens (tertiary/aromatic N) is 3. The molecule has 0 aliphatic rings. The van der Waals surface area contributed by atoms with Gasteiger partial charge in [0, 0.05) is 12.2 Å². The molecule has 0 saturated carbocycles. The molecule has 6 nitrogen and oxygen atoms in total. The zero-order chi connectivity index (χ0) is 17.0. The maximum absolute atomic E-state index is 12.2. The van der Waals surface area contributed by atoms with E-state index in [2.05, 4.69) is 14.9 Å². The van der Waals surface area contributed by atoms with E-state index in [1.54, 1.807) is 29.6 Å². The van der Waals surface area contributed by atoms with E-state index in [-0.39, 0.29) is 10.0 Å². The summed E-state index contributed by atoms with van der Waals surface area (Å²) in [6.45, 7) is 2.74. The molecule has 24 heavy (non-hydrogen) atoms. The third-order valence-corrected chi connectivity index (χ3v) is 6.06. The van der Waals surface area contributed by atoms with Crippen LogP contribution >= 0.6 is 11.3 Å². The standard InChI is InChI=1S/C16H16N4O2S2/c1-2-20(13-7-4-3-5-8-13)15-11-10-14(17-18-15)19-24(21,22)16-9-6-12-23-16/h3-12H,2H2,1H3,(H,17,19). The lowest BCUT2D eigenvalue weighted by Crippen LogP contribution is -2.18. The number of nitrogens with one attached hydrogen (secondary N) is 1. The molecule has 0 fully saturated rings. The fraction of sp³-hybridized carbons (Fsp3) is 0.125. The van der Waals surface area contributed by atoms with Crippen LogP contribution in [0.5, 0.6) is 0 Å². The van der Waals surface area contributed by atoms with Crippen LogP contribution in [-0.2, 0) is 10.0 Å². The van der Waals surface area contributed by atoms with Crippen LogP contribution in [0, 0.1) is 0 Å². The highest BCUT2D eigenvalue weighted by atomic mass is 32.2. The topological polar surface area (TPSA) is 75.2 Å². The third-order valence-electron chi connectivity index (χ3n) is 3.31. The Morgan fingerprint density at radius 1 is 1.04 bits per heavy atom. The smallest absolute Gasteiger partial charge is 0.272 e. The summed E-state index contributed by atoms with van der Waals surface area (Å²) in [7, 11) is -3.61. The van der Waals surface area contributed by atoms with Crippen molar-refractivity contribution in [1.82, 2.24) is 10.2 Å². The van der Waals surface area contributed by atoms with Crippen LogP contribution in [0.4, 0.5) is 17.3 Å². The second-order valence-electron chi connectivity index (χ2n) is 4.89. The van der Waals surface area contributed by atoms with Gasteiger partial charge in [-0.15, -0.1) is 21.5 Å². The van der Waals surface area contributed by atoms with E-state index in [0.29, 0.717) is 5.82 Å². The van der Waals surface area contributed by atoms with Crippen molar-refractivity contribution in [1.29, 1.82) is 0 Å². The second-order valence-corrected chi connectivity index (χ2v) is 7.75. The first-order chi connectivity index (χ1) is 11.6. The average Bonchev–Trinajstić information content (AvgIpc) is 3.13. The first-order valence-corrected chi connectivity index (χ1v) is 9.69. The molecular formula is C16H16N4O2S2. The highest BCUT2D eigenvalue weighted by molar-refractivity contribution is 7.94. The molecule has 8 heteroatoms. The molecule has 1 aromatic carbocycles. The van der Waals surface area contributed by atoms with Gasteiger partial charge in [0.1, 0.15) is 4.21 Å². The molecule has 3 aromatic rings. The zero-order valence-corrected chi connectivity index (χ0v) is 14.6. The predicted molar refractivity (Wildman–Crippen MR) is 96.3 cm³/mol. The summed E-state index contributed by atoms with van der Waals surface area (Å²) in [5.41, 5.74) is 1.00. The quantitative estimate of drug-likeness (QED) is 0.728. The van der Waals surface area contributed by atoms with Crippen molar-refractivity contribution in [3.63, 3.8) is 0 Å². The molecule has 2 aromatic heterocycles. The van der Waals surface area contributed by atoms with Crippen molar-refractivity contribution in [2.24, 2.45) is 0 Å². The van der Waals surface area contributed by atoms with E-state index >= 15 is 0 Å². The summed E-state index contributed by atoms with van der Waals surface area (Å²) in [5, 5.41) is 9.85. The predicted octanol–water partition coefficient (Wildman–Crippen LogP) is 3.50. The number of sulfonamides is 1. The van der Waals surface area contributed by atoms with E-state index in [4.69, 9.17) is 0 Å². The van der Waals surface area contributed by atoms with Gasteiger partial charge in [-0.05, 0) is 42.6 Å². The molecule has 0 aliphatic carbocycles. The normalized spacial score (nSPS) is 11.2. The first-order valence-electron chi connectivity index (χ1n) is 7.33. The number of benzene rings is 1. The summed E-state index contributed by atoms with van der Waals surface area (Å²) in [6, 6.07) is 16.4. The minimum Gasteiger partial charge on any atom is -0.325 e. The van der Waals surface area contributed by atoms with Crippen molar-refractivity contribution in [2.45, 2.75) is 11.1 Å². The Hall–Kier alpha value is -2.45. The summed E-state index contributed by atoms with van der Waals surface area (Å²) < 4.78 is 27.0. The van der Waals surface area contributed by atoms with Crippen molar-refractivity contribution < 1.29 is 8.42 Å². The first kappa shape index (κ1) is 16.4. The summed E-state index contributed by atoms with van der Waals surface area (Å²) in [5.74, 6) is 0.846. The number of thiophene rings is 1. The maximum Gasteiger partial charge on any atom is 0.272 e. The van der Waals surface area contributed by atoms with Gasteiger partial charge in [0.15, 0.2) is 11.6 Å². The molecule has 0 aliphatic heterocycles. The number of hydrogen-bond donors (Lipinski definition) is 1. The van der Waals surface area contributed by atoms with E-state index in [0.717, 1.165) is 23.6 Å². The minimum absolute atomic E-state index is 0.191. The summed E-state index contributed by atoms with van der Waals surface area (Å²) >= 11 is 1.15. The maximum atomic E-state index is 12.2. The van der Waals surface area contributed by atoms with Gasteiger partial charge >= 0.3 is 0 Å². The SMILES string of the molecule is CCN(c1ccccc1)c1ccc(NS(=O)(=O)c2cccs2)nn1. The Morgan fingerprint density at radius 2 is 1.83 bits per heavy atom. The van der Waals surface area contributed by atoms with E-state index in [1.807, 2.05) is 42.2 Å². The zero-order valence-electron chi connectivity index (χ0n) is 13.0. The number of hydrogen-bond acceptors (Lipinski definition) is 6. The molecule has 0 saturated heterocycles. The van der Waals surface area contributed by atoms with Gasteiger partial charge in [0.25, 0.3) is 10.0 Å². The number of rotatable bonds is 6. The third kappa shape index (κ3) is 3.55. The van der Waals surface area contributed by atoms with Crippen LogP contribution in [0.1, 0.15) is 6.92 Å². The van der Waals surface area contributed by atoms with Crippen LogP contribution < -0.4 is 9.62 Å². The van der Waals surface area contributed by atoms with Gasteiger partial charge < -0.3 is 4.90 Å². The molecule has 124 valence electrons. The Bertz CT molecular complexity index is 880. The Labute approximate surface area is 144 Å². The number of anilines is 3. The van der Waals surface area contributed by atoms with Crippen molar-refractivity contribution >= 4 is 38.7 Å². The molecule has 0 spiro atoms. The fourth-order valence-electron chi connectivity index (χ4n) is 2.21. The summed E-state index contributed by atoms with van der Waals surface area (Å²) in [6.07, 6.45) is 0. The van der Waals surface area contributed by atoms with Gasteiger partial charge in [-0.3, -0.25) is 4.72 Å². The van der Waals surface area contributed by atoms with Gasteiger partial charge in [-0.2, -0.15) is 0 Å². The lowest BCUT2D eigenvalue weighted by Gasteiger charge is -2.21. The molecule has 2 heterocycles. The lowest BCUT2D eigenvalue weighted by atomic mass is 10.3. The molecule has 0 bridgehead atoms. The lowest BCUT2D eigenvalue weighted by molar-refractivity contribution is 0.603. The number of para-hydroxylation sites is 1. The molecule has 1 N–H and O–H groups in total. The van der Waals surface area contributed by atoms with Crippen LogP contribution in [0.2, 0.25) is 0 Å². The fourth-order valence-corrected chi connectivity index (χ4v) is 4.20. The minimum atomic E-state index is -3.61. The van der Waals surface area contributed by atoms with Crippen molar-refractivity contribution in [3.05, 3.63) is 60.0 Å². The number of aromatic nitrogens is 2. The van der Waals surface area contributed by atoms with Gasteiger partial charge in [-0.1, -0.05) is 24.3 Å². The van der Waals surface area contributed by atoms with Crippen LogP contribution in [0.25, 0.3) is 0 Å². The summed E-state index contributed by atoms with van der Waals surface area (Å²) in [4.78, 5) is 1.99. The van der Waals surface area contributed by atoms with E-state index < -0.39 is 10.0 Å². The molecule has 0 amide bonds. The molecule has 0 unspecified atom stereocenters. The monoisotopic (exact) mass is 360 g/mol. The highest BCUT2D eigenvalue weighted by Crippen LogP contribution is 2.24. The Balaban J connectivity index is 1.81. The van der Waals surface area contributed by atoms with Crippen LogP contribution in [0.3, 0.4) is 0 Å². The van der Waals surface area contributed by atoms with Crippen LogP contribution in [0.15, 0.2) is 64.2 Å². The second kappa shape index (κ2) is 6.98. The Morgan fingerprint density at radius 3 is 2.42 bits per heavy atom. The molecule has 0 radical (unpaired) electrons. The molecule has 3 rings (SSSR count). The van der Waals surface area contributed by atoms with E-state index in [9.17, 15) is 8.42 Å². The molecule has 0 atom stereocenters. The van der Waals surface area contributed by atoms with Crippen molar-refractivity contribution in [3.8, 4) is 0 Å².